The molecule has 0 fully saturated rings. The van der Waals surface area contributed by atoms with Gasteiger partial charge in [0.15, 0.2) is 6.29 Å². The van der Waals surface area contributed by atoms with E-state index in [1.165, 1.54) is 0 Å². The predicted octanol–water partition coefficient (Wildman–Crippen LogP) is 0.407. The summed E-state index contributed by atoms with van der Waals surface area (Å²) < 4.78 is 9.84. The summed E-state index contributed by atoms with van der Waals surface area (Å²) in [7, 11) is 3.21. The summed E-state index contributed by atoms with van der Waals surface area (Å²) in [5.74, 6) is 1.51. The molecule has 0 N–H and O–H groups in total. The van der Waals surface area contributed by atoms with Crippen molar-refractivity contribution in [1.29, 1.82) is 0 Å². The van der Waals surface area contributed by atoms with Crippen molar-refractivity contribution in [3.63, 3.8) is 0 Å². The Hall–Kier alpha value is 0.230. The van der Waals surface area contributed by atoms with Gasteiger partial charge in [-0.3, -0.25) is 0 Å². The minimum Gasteiger partial charge on any atom is -0.355 e. The molecule has 4 heteroatoms. The number of hydrogen-bond donors (Lipinski definition) is 0. The zero-order valence-corrected chi connectivity index (χ0v) is 7.19. The average Bonchev–Trinajstić information content (AvgIpc) is 1.99. The van der Waals surface area contributed by atoms with E-state index in [9.17, 15) is 0 Å². The fourth-order valence-electron chi connectivity index (χ4n) is 0.476. The van der Waals surface area contributed by atoms with E-state index < -0.39 is 0 Å². The van der Waals surface area contributed by atoms with Crippen LogP contribution in [0.2, 0.25) is 0 Å². The molecule has 0 spiro atoms. The van der Waals surface area contributed by atoms with Gasteiger partial charge in [-0.05, 0) is 0 Å². The summed E-state index contributed by atoms with van der Waals surface area (Å²) in [6.07, 6.45) is -0.142. The number of thioether (sulfide) groups is 1. The third kappa shape index (κ3) is 5.05. The lowest BCUT2D eigenvalue weighted by Crippen LogP contribution is -2.16. The van der Waals surface area contributed by atoms with Gasteiger partial charge in [0.05, 0.1) is 0 Å². The molecular weight excluding hydrogens is 150 g/mol. The first-order valence-corrected chi connectivity index (χ1v) is 4.24. The van der Waals surface area contributed by atoms with Crippen LogP contribution in [0.15, 0.2) is 0 Å². The van der Waals surface area contributed by atoms with E-state index in [1.54, 1.807) is 26.0 Å². The molecule has 0 saturated heterocycles. The van der Waals surface area contributed by atoms with Crippen LogP contribution in [0.1, 0.15) is 0 Å². The molecule has 0 amide bonds. The SMILES string of the molecule is COC(CSCC[N])OC. The van der Waals surface area contributed by atoms with Gasteiger partial charge in [0.2, 0.25) is 0 Å². The number of nitrogens with zero attached hydrogens (tertiary/aromatic N) is 1. The van der Waals surface area contributed by atoms with Gasteiger partial charge in [-0.2, -0.15) is 11.8 Å². The number of rotatable bonds is 6. The maximum absolute atomic E-state index is 8.42. The Morgan fingerprint density at radius 1 is 1.40 bits per heavy atom. The Labute approximate surface area is 66.3 Å². The van der Waals surface area contributed by atoms with Crippen LogP contribution >= 0.6 is 11.8 Å². The third-order valence-electron chi connectivity index (χ3n) is 1.02. The highest BCUT2D eigenvalue weighted by molar-refractivity contribution is 7.99. The fourth-order valence-corrected chi connectivity index (χ4v) is 1.24. The average molecular weight is 163 g/mol. The van der Waals surface area contributed by atoms with E-state index in [-0.39, 0.29) is 12.8 Å². The first kappa shape index (κ1) is 10.2. The monoisotopic (exact) mass is 163 g/mol. The molecular formula is C6H13NO2S. The number of hydrogen-bond acceptors (Lipinski definition) is 3. The van der Waals surface area contributed by atoms with Gasteiger partial charge in [-0.15, -0.1) is 5.73 Å². The molecule has 3 nitrogen and oxygen atoms in total. The predicted molar refractivity (Wildman–Crippen MR) is 42.1 cm³/mol. The Morgan fingerprint density at radius 3 is 2.40 bits per heavy atom. The summed E-state index contributed by atoms with van der Waals surface area (Å²) >= 11 is 1.61. The summed E-state index contributed by atoms with van der Waals surface area (Å²) in [6.45, 7) is 0.213. The number of ether oxygens (including phenoxy) is 2. The van der Waals surface area contributed by atoms with Gasteiger partial charge in [0, 0.05) is 32.3 Å². The molecule has 0 heterocycles. The van der Waals surface area contributed by atoms with Crippen molar-refractivity contribution < 1.29 is 9.47 Å². The van der Waals surface area contributed by atoms with E-state index in [0.29, 0.717) is 0 Å². The maximum atomic E-state index is 8.42. The molecule has 0 aliphatic heterocycles. The van der Waals surface area contributed by atoms with Crippen LogP contribution in [0.3, 0.4) is 0 Å². The molecule has 0 rings (SSSR count). The highest BCUT2D eigenvalue weighted by Crippen LogP contribution is 2.04. The molecule has 0 aromatic carbocycles. The molecule has 0 aliphatic rings. The van der Waals surface area contributed by atoms with Gasteiger partial charge >= 0.3 is 0 Å². The highest BCUT2D eigenvalue weighted by atomic mass is 32.2. The molecule has 0 atom stereocenters. The lowest BCUT2D eigenvalue weighted by Gasteiger charge is -2.11. The third-order valence-corrected chi connectivity index (χ3v) is 1.99. The molecule has 60 valence electrons. The highest BCUT2D eigenvalue weighted by Gasteiger charge is 2.02. The van der Waals surface area contributed by atoms with Gasteiger partial charge in [-0.25, -0.2) is 0 Å². The Morgan fingerprint density at radius 2 is 2.00 bits per heavy atom. The minimum absolute atomic E-state index is 0.142. The van der Waals surface area contributed by atoms with E-state index in [1.807, 2.05) is 0 Å². The summed E-state index contributed by atoms with van der Waals surface area (Å²) in [5, 5.41) is 0. The normalized spacial score (nSPS) is 10.8. The first-order chi connectivity index (χ1) is 4.85. The lowest BCUT2D eigenvalue weighted by atomic mass is 10.7. The molecule has 2 radical (unpaired) electrons. The molecule has 0 aromatic rings. The quantitative estimate of drug-likeness (QED) is 0.420. The molecule has 0 saturated carbocycles. The topological polar surface area (TPSA) is 40.8 Å². The van der Waals surface area contributed by atoms with Crippen LogP contribution in [-0.4, -0.2) is 38.6 Å². The van der Waals surface area contributed by atoms with Gasteiger partial charge < -0.3 is 9.47 Å². The second kappa shape index (κ2) is 7.34. The second-order valence-corrected chi connectivity index (χ2v) is 2.85. The van der Waals surface area contributed by atoms with Crippen molar-refractivity contribution in [3.05, 3.63) is 0 Å². The summed E-state index contributed by atoms with van der Waals surface area (Å²) in [6, 6.07) is 0. The smallest absolute Gasteiger partial charge is 0.165 e. The van der Waals surface area contributed by atoms with Gasteiger partial charge in [-0.1, -0.05) is 0 Å². The summed E-state index contributed by atoms with van der Waals surface area (Å²) in [4.78, 5) is 0. The van der Waals surface area contributed by atoms with Crippen molar-refractivity contribution in [1.82, 2.24) is 5.73 Å². The van der Waals surface area contributed by atoms with Crippen molar-refractivity contribution in [2.24, 2.45) is 0 Å². The van der Waals surface area contributed by atoms with Gasteiger partial charge in [0.25, 0.3) is 0 Å². The van der Waals surface area contributed by atoms with Crippen LogP contribution < -0.4 is 5.73 Å². The first-order valence-electron chi connectivity index (χ1n) is 3.09. The Bertz CT molecular complexity index is 68.8. The Balaban J connectivity index is 3.09. The molecule has 0 unspecified atom stereocenters. The fraction of sp³-hybridized carbons (Fsp3) is 1.00. The van der Waals surface area contributed by atoms with Crippen LogP contribution in [0.25, 0.3) is 0 Å². The second-order valence-electron chi connectivity index (χ2n) is 1.70. The van der Waals surface area contributed by atoms with Gasteiger partial charge in [0.1, 0.15) is 0 Å². The van der Waals surface area contributed by atoms with E-state index in [4.69, 9.17) is 15.2 Å². The van der Waals surface area contributed by atoms with Crippen LogP contribution in [-0.2, 0) is 9.47 Å². The maximum Gasteiger partial charge on any atom is 0.165 e. The van der Waals surface area contributed by atoms with Crippen LogP contribution in [0.5, 0.6) is 0 Å². The van der Waals surface area contributed by atoms with E-state index in [2.05, 4.69) is 0 Å². The zero-order chi connectivity index (χ0) is 7.82. The minimum atomic E-state index is -0.142. The summed E-state index contributed by atoms with van der Waals surface area (Å²) in [5.41, 5.74) is 8.42. The standard InChI is InChI=1S/C6H13NO2S/c1-8-6(9-2)5-10-4-3-7/h6H,3-5H2,1-2H3. The van der Waals surface area contributed by atoms with E-state index in [0.717, 1.165) is 11.5 Å². The zero-order valence-electron chi connectivity index (χ0n) is 6.37. The Kier molecular flexibility index (Phi) is 7.51. The molecule has 0 aromatic heterocycles. The largest absolute Gasteiger partial charge is 0.355 e. The van der Waals surface area contributed by atoms with Crippen molar-refractivity contribution >= 4 is 11.8 Å². The number of methoxy groups -OCH3 is 2. The molecule has 0 aliphatic carbocycles. The molecule has 10 heavy (non-hydrogen) atoms. The van der Waals surface area contributed by atoms with Crippen molar-refractivity contribution in [2.45, 2.75) is 6.29 Å². The van der Waals surface area contributed by atoms with Crippen LogP contribution in [0, 0.1) is 0 Å². The van der Waals surface area contributed by atoms with Crippen LogP contribution in [0.4, 0.5) is 0 Å². The molecule has 0 bridgehead atoms. The van der Waals surface area contributed by atoms with Crippen molar-refractivity contribution in [3.8, 4) is 0 Å². The van der Waals surface area contributed by atoms with E-state index >= 15 is 0 Å². The van der Waals surface area contributed by atoms with Crippen molar-refractivity contribution in [2.75, 3.05) is 32.3 Å². The lowest BCUT2D eigenvalue weighted by molar-refractivity contribution is -0.0842.